The maximum Gasteiger partial charge on any atom is 0.152 e. The van der Waals surface area contributed by atoms with Gasteiger partial charge in [-0.15, -0.1) is 0 Å². The summed E-state index contributed by atoms with van der Waals surface area (Å²) in [5.74, 6) is 0.0997. The maximum absolute atomic E-state index is 11.3. The minimum Gasteiger partial charge on any atom is -0.378 e. The lowest BCUT2D eigenvalue weighted by Crippen LogP contribution is -2.37. The van der Waals surface area contributed by atoms with Crippen molar-refractivity contribution in [2.45, 2.75) is 19.8 Å². The van der Waals surface area contributed by atoms with Crippen LogP contribution in [0.15, 0.2) is 47.7 Å². The van der Waals surface area contributed by atoms with E-state index >= 15 is 0 Å². The summed E-state index contributed by atoms with van der Waals surface area (Å²) in [6, 6.07) is 8.59. The highest BCUT2D eigenvalue weighted by Gasteiger charge is 2.22. The Labute approximate surface area is 125 Å². The van der Waals surface area contributed by atoms with Gasteiger partial charge in [-0.2, -0.15) is 0 Å². The molecule has 3 heteroatoms. The number of hydrogen-bond donors (Lipinski definition) is 0. The Morgan fingerprint density at radius 1 is 1.14 bits per heavy atom. The van der Waals surface area contributed by atoms with Gasteiger partial charge in [-0.05, 0) is 36.1 Å². The van der Waals surface area contributed by atoms with Crippen molar-refractivity contribution in [2.24, 2.45) is 0 Å². The zero-order valence-electron chi connectivity index (χ0n) is 12.5. The Hall–Kier alpha value is -1.87. The molecule has 0 atom stereocenters. The lowest BCUT2D eigenvalue weighted by atomic mass is 9.88. The van der Waals surface area contributed by atoms with Crippen molar-refractivity contribution in [1.82, 2.24) is 4.90 Å². The van der Waals surface area contributed by atoms with Crippen molar-refractivity contribution in [3.8, 4) is 0 Å². The van der Waals surface area contributed by atoms with Gasteiger partial charge in [-0.1, -0.05) is 30.3 Å². The van der Waals surface area contributed by atoms with Crippen LogP contribution in [0.1, 0.15) is 18.1 Å². The molecule has 3 nitrogen and oxygen atoms in total. The van der Waals surface area contributed by atoms with Gasteiger partial charge < -0.3 is 9.64 Å². The Kier molecular flexibility index (Phi) is 4.20. The molecule has 0 spiro atoms. The van der Waals surface area contributed by atoms with Crippen LogP contribution in [0.3, 0.4) is 0 Å². The molecule has 1 aromatic rings. The van der Waals surface area contributed by atoms with Gasteiger partial charge >= 0.3 is 0 Å². The predicted octanol–water partition coefficient (Wildman–Crippen LogP) is 2.52. The highest BCUT2D eigenvalue weighted by molar-refractivity contribution is 5.87. The molecular formula is C18H21NO2. The molecule has 21 heavy (non-hydrogen) atoms. The van der Waals surface area contributed by atoms with Gasteiger partial charge in [0, 0.05) is 25.2 Å². The zero-order valence-corrected chi connectivity index (χ0v) is 12.5. The van der Waals surface area contributed by atoms with Gasteiger partial charge in [0.25, 0.3) is 0 Å². The highest BCUT2D eigenvalue weighted by atomic mass is 16.5. The molecule has 0 radical (unpaired) electrons. The number of ether oxygens (including phenoxy) is 1. The van der Waals surface area contributed by atoms with Crippen LogP contribution < -0.4 is 0 Å². The fraction of sp³-hybridized carbons (Fsp3) is 0.389. The number of carbonyl (C=O) groups excluding carboxylic acids is 1. The van der Waals surface area contributed by atoms with Gasteiger partial charge in [0.1, 0.15) is 0 Å². The topological polar surface area (TPSA) is 29.5 Å². The van der Waals surface area contributed by atoms with Crippen molar-refractivity contribution in [1.29, 1.82) is 0 Å². The van der Waals surface area contributed by atoms with E-state index in [1.807, 2.05) is 6.08 Å². The van der Waals surface area contributed by atoms with E-state index in [1.165, 1.54) is 22.4 Å². The molecule has 3 rings (SSSR count). The average Bonchev–Trinajstić information content (AvgIpc) is 2.53. The zero-order chi connectivity index (χ0) is 14.7. The first-order chi connectivity index (χ1) is 10.2. The molecular weight excluding hydrogens is 262 g/mol. The van der Waals surface area contributed by atoms with Crippen LogP contribution in [0, 0.1) is 0 Å². The summed E-state index contributed by atoms with van der Waals surface area (Å²) in [6.07, 6.45) is 5.55. The van der Waals surface area contributed by atoms with Gasteiger partial charge in [0.2, 0.25) is 0 Å². The van der Waals surface area contributed by atoms with Crippen molar-refractivity contribution in [2.75, 3.05) is 26.3 Å². The molecule has 1 aromatic carbocycles. The Bertz CT molecular complexity index is 595. The summed E-state index contributed by atoms with van der Waals surface area (Å²) in [5, 5.41) is 0. The lowest BCUT2D eigenvalue weighted by molar-refractivity contribution is -0.112. The minimum atomic E-state index is 0.0997. The summed E-state index contributed by atoms with van der Waals surface area (Å²) < 4.78 is 5.46. The SMILES string of the molecule is CC(=O)/C=C\C1=C(N2CCOCC2)Cc2ccccc2C1. The second kappa shape index (κ2) is 6.27. The summed E-state index contributed by atoms with van der Waals surface area (Å²) in [5.41, 5.74) is 5.40. The molecule has 2 aliphatic rings. The van der Waals surface area contributed by atoms with Gasteiger partial charge in [0.15, 0.2) is 5.78 Å². The number of rotatable bonds is 3. The van der Waals surface area contributed by atoms with Gasteiger partial charge in [-0.25, -0.2) is 0 Å². The minimum absolute atomic E-state index is 0.0997. The molecule has 1 saturated heterocycles. The third kappa shape index (κ3) is 3.24. The second-order valence-electron chi connectivity index (χ2n) is 5.64. The van der Waals surface area contributed by atoms with E-state index < -0.39 is 0 Å². The molecule has 110 valence electrons. The van der Waals surface area contributed by atoms with Crippen LogP contribution in [0.25, 0.3) is 0 Å². The highest BCUT2D eigenvalue weighted by Crippen LogP contribution is 2.29. The number of allylic oxidation sites excluding steroid dienone is 4. The third-order valence-electron chi connectivity index (χ3n) is 4.14. The number of ketones is 1. The van der Waals surface area contributed by atoms with Crippen LogP contribution in [-0.4, -0.2) is 37.0 Å². The van der Waals surface area contributed by atoms with Crippen molar-refractivity contribution in [3.05, 3.63) is 58.8 Å². The molecule has 0 bridgehead atoms. The standard InChI is InChI=1S/C18H21NO2/c1-14(20)6-7-17-12-15-4-2-3-5-16(15)13-18(17)19-8-10-21-11-9-19/h2-7H,8-13H2,1H3/b7-6-. The van der Waals surface area contributed by atoms with E-state index in [2.05, 4.69) is 29.2 Å². The summed E-state index contributed by atoms with van der Waals surface area (Å²) in [6.45, 7) is 5.05. The second-order valence-corrected chi connectivity index (χ2v) is 5.64. The first kappa shape index (κ1) is 14.1. The van der Waals surface area contributed by atoms with Crippen LogP contribution >= 0.6 is 0 Å². The molecule has 0 unspecified atom stereocenters. The molecule has 1 fully saturated rings. The molecule has 0 N–H and O–H groups in total. The molecule has 0 aromatic heterocycles. The lowest BCUT2D eigenvalue weighted by Gasteiger charge is -2.35. The van der Waals surface area contributed by atoms with E-state index in [-0.39, 0.29) is 5.78 Å². The third-order valence-corrected chi connectivity index (χ3v) is 4.14. The van der Waals surface area contributed by atoms with Gasteiger partial charge in [-0.3, -0.25) is 4.79 Å². The van der Waals surface area contributed by atoms with Crippen LogP contribution in [0.2, 0.25) is 0 Å². The summed E-state index contributed by atoms with van der Waals surface area (Å²) in [7, 11) is 0. The Morgan fingerprint density at radius 2 is 1.81 bits per heavy atom. The molecule has 1 aliphatic heterocycles. The summed E-state index contributed by atoms with van der Waals surface area (Å²) >= 11 is 0. The predicted molar refractivity (Wildman–Crippen MR) is 83.1 cm³/mol. The van der Waals surface area contributed by atoms with E-state index in [0.29, 0.717) is 0 Å². The fourth-order valence-corrected chi connectivity index (χ4v) is 3.02. The number of hydrogen-bond acceptors (Lipinski definition) is 3. The van der Waals surface area contributed by atoms with Crippen molar-refractivity contribution >= 4 is 5.78 Å². The van der Waals surface area contributed by atoms with Gasteiger partial charge in [0.05, 0.1) is 13.2 Å². The first-order valence-corrected chi connectivity index (χ1v) is 7.54. The number of benzene rings is 1. The maximum atomic E-state index is 11.3. The molecule has 0 amide bonds. The number of morpholine rings is 1. The Balaban J connectivity index is 1.93. The smallest absolute Gasteiger partial charge is 0.152 e. The van der Waals surface area contributed by atoms with Crippen molar-refractivity contribution in [3.63, 3.8) is 0 Å². The van der Waals surface area contributed by atoms with E-state index in [9.17, 15) is 4.79 Å². The summed E-state index contributed by atoms with van der Waals surface area (Å²) in [4.78, 5) is 13.7. The largest absolute Gasteiger partial charge is 0.378 e. The monoisotopic (exact) mass is 283 g/mol. The molecule has 1 aliphatic carbocycles. The van der Waals surface area contributed by atoms with Crippen LogP contribution in [0.5, 0.6) is 0 Å². The first-order valence-electron chi connectivity index (χ1n) is 7.54. The average molecular weight is 283 g/mol. The molecule has 0 saturated carbocycles. The molecule has 1 heterocycles. The van der Waals surface area contributed by atoms with Crippen LogP contribution in [0.4, 0.5) is 0 Å². The Morgan fingerprint density at radius 3 is 2.48 bits per heavy atom. The van der Waals surface area contributed by atoms with E-state index in [4.69, 9.17) is 4.74 Å². The van der Waals surface area contributed by atoms with Crippen molar-refractivity contribution < 1.29 is 9.53 Å². The van der Waals surface area contributed by atoms with E-state index in [1.54, 1.807) is 13.0 Å². The number of nitrogens with zero attached hydrogens (tertiary/aromatic N) is 1. The van der Waals surface area contributed by atoms with Crippen LogP contribution in [-0.2, 0) is 22.4 Å². The fourth-order valence-electron chi connectivity index (χ4n) is 3.02. The quantitative estimate of drug-likeness (QED) is 0.798. The van der Waals surface area contributed by atoms with E-state index in [0.717, 1.165) is 39.1 Å². The normalized spacial score (nSPS) is 19.0. The number of fused-ring (bicyclic) bond motifs is 1. The number of carbonyl (C=O) groups is 1.